The van der Waals surface area contributed by atoms with Crippen molar-refractivity contribution in [2.24, 2.45) is 0 Å². The van der Waals surface area contributed by atoms with Crippen molar-refractivity contribution in [2.45, 2.75) is 19.6 Å². The molecule has 0 aliphatic heterocycles. The second-order valence-electron chi connectivity index (χ2n) is 9.87. The molecule has 5 rings (SSSR count). The Hall–Kier alpha value is -4.14. The van der Waals surface area contributed by atoms with Gasteiger partial charge in [0.15, 0.2) is 0 Å². The fourth-order valence-corrected chi connectivity index (χ4v) is 8.62. The van der Waals surface area contributed by atoms with Crippen LogP contribution in [0.1, 0.15) is 11.1 Å². The summed E-state index contributed by atoms with van der Waals surface area (Å²) >= 11 is 3.42. The van der Waals surface area contributed by atoms with E-state index in [4.69, 9.17) is 0 Å². The Kier molecular flexibility index (Phi) is 7.17. The summed E-state index contributed by atoms with van der Waals surface area (Å²) in [6.45, 7) is 7.14. The van der Waals surface area contributed by atoms with E-state index in [1.54, 1.807) is 22.7 Å². The van der Waals surface area contributed by atoms with Gasteiger partial charge in [-0.15, -0.1) is 22.7 Å². The van der Waals surface area contributed by atoms with Crippen LogP contribution in [-0.2, 0) is 0 Å². The summed E-state index contributed by atoms with van der Waals surface area (Å²) in [5.41, 5.74) is 7.31. The van der Waals surface area contributed by atoms with Crippen LogP contribution in [0.15, 0.2) is 89.6 Å². The van der Waals surface area contributed by atoms with Crippen LogP contribution in [0.2, 0.25) is 19.6 Å². The molecular formula is C31H26N4S2Si. The van der Waals surface area contributed by atoms with Gasteiger partial charge in [0.25, 0.3) is 0 Å². The Labute approximate surface area is 232 Å². The lowest BCUT2D eigenvalue weighted by atomic mass is 10.1. The molecule has 4 nitrogen and oxygen atoms in total. The lowest BCUT2D eigenvalue weighted by molar-refractivity contribution is 1.47. The summed E-state index contributed by atoms with van der Waals surface area (Å²) in [6, 6.07) is 30.5. The molecule has 2 heterocycles. The van der Waals surface area contributed by atoms with Crippen LogP contribution in [-0.4, -0.2) is 8.07 Å². The number of nitrogens with zero attached hydrogens (tertiary/aromatic N) is 2. The summed E-state index contributed by atoms with van der Waals surface area (Å²) in [6.07, 6.45) is 0. The van der Waals surface area contributed by atoms with Crippen LogP contribution in [0.25, 0.3) is 20.9 Å². The maximum atomic E-state index is 9.59. The molecule has 38 heavy (non-hydrogen) atoms. The van der Waals surface area contributed by atoms with Gasteiger partial charge in [0.2, 0.25) is 0 Å². The first-order chi connectivity index (χ1) is 18.4. The second-order valence-corrected chi connectivity index (χ2v) is 16.7. The first-order valence-corrected chi connectivity index (χ1v) is 17.5. The first-order valence-electron chi connectivity index (χ1n) is 12.2. The molecule has 186 valence electrons. The van der Waals surface area contributed by atoms with Crippen molar-refractivity contribution in [2.75, 3.05) is 10.6 Å². The van der Waals surface area contributed by atoms with Crippen molar-refractivity contribution in [3.8, 4) is 33.0 Å². The summed E-state index contributed by atoms with van der Waals surface area (Å²) in [7, 11) is -1.85. The Morgan fingerprint density at radius 3 is 1.45 bits per heavy atom. The Balaban J connectivity index is 1.62. The van der Waals surface area contributed by atoms with E-state index in [1.165, 1.54) is 16.3 Å². The second kappa shape index (κ2) is 10.7. The van der Waals surface area contributed by atoms with E-state index < -0.39 is 8.07 Å². The van der Waals surface area contributed by atoms with Crippen LogP contribution >= 0.6 is 22.7 Å². The maximum absolute atomic E-state index is 9.59. The van der Waals surface area contributed by atoms with E-state index in [2.05, 4.69) is 83.5 Å². The molecule has 0 spiro atoms. The van der Waals surface area contributed by atoms with E-state index in [0.29, 0.717) is 11.1 Å². The van der Waals surface area contributed by atoms with Crippen molar-refractivity contribution in [3.63, 3.8) is 0 Å². The zero-order valence-electron chi connectivity index (χ0n) is 21.4. The summed E-state index contributed by atoms with van der Waals surface area (Å²) in [5.74, 6) is 0. The Bertz CT molecular complexity index is 1580. The highest BCUT2D eigenvalue weighted by molar-refractivity contribution is 7.15. The number of thiophene rings is 2. The van der Waals surface area contributed by atoms with E-state index in [1.807, 2.05) is 48.5 Å². The molecule has 0 radical (unpaired) electrons. The first kappa shape index (κ1) is 25.5. The van der Waals surface area contributed by atoms with Crippen LogP contribution in [0.3, 0.4) is 0 Å². The predicted molar refractivity (Wildman–Crippen MR) is 165 cm³/mol. The molecule has 0 atom stereocenters. The van der Waals surface area contributed by atoms with E-state index in [0.717, 1.165) is 32.5 Å². The molecule has 2 aromatic heterocycles. The SMILES string of the molecule is C[Si](C)(C)c1c(-c2sccc2Nc2ccccc2C#N)cccc1-c1sccc1Nc1ccccc1C#N. The van der Waals surface area contributed by atoms with Gasteiger partial charge in [0, 0.05) is 0 Å². The van der Waals surface area contributed by atoms with Gasteiger partial charge in [-0.2, -0.15) is 10.5 Å². The highest BCUT2D eigenvalue weighted by Crippen LogP contribution is 2.41. The molecular weight excluding hydrogens is 521 g/mol. The third kappa shape index (κ3) is 5.00. The third-order valence-corrected chi connectivity index (χ3v) is 10.2. The summed E-state index contributed by atoms with van der Waals surface area (Å²) < 4.78 is 0. The molecule has 0 saturated heterocycles. The monoisotopic (exact) mass is 546 g/mol. The fraction of sp³-hybridized carbons (Fsp3) is 0.0968. The molecule has 2 N–H and O–H groups in total. The van der Waals surface area contributed by atoms with Crippen molar-refractivity contribution >= 4 is 58.7 Å². The van der Waals surface area contributed by atoms with Crippen molar-refractivity contribution in [1.29, 1.82) is 10.5 Å². The zero-order chi connectivity index (χ0) is 26.7. The molecule has 0 unspecified atom stereocenters. The van der Waals surface area contributed by atoms with Gasteiger partial charge < -0.3 is 10.6 Å². The smallest absolute Gasteiger partial charge is 0.101 e. The molecule has 5 aromatic rings. The maximum Gasteiger partial charge on any atom is 0.101 e. The third-order valence-electron chi connectivity index (χ3n) is 6.27. The summed E-state index contributed by atoms with van der Waals surface area (Å²) in [4.78, 5) is 2.33. The standard InChI is InChI=1S/C31H26N4S2Si/c1-38(2,3)31-23(29-27(15-17-36-29)34-25-13-6-4-9-21(25)19-32)11-8-12-24(31)30-28(16-18-37-30)35-26-14-7-5-10-22(26)20-33/h4-18,34-35H,1-3H3. The van der Waals surface area contributed by atoms with E-state index >= 15 is 0 Å². The lowest BCUT2D eigenvalue weighted by Gasteiger charge is -2.25. The molecule has 0 amide bonds. The number of hydrogen-bond donors (Lipinski definition) is 2. The average molecular weight is 547 g/mol. The van der Waals surface area contributed by atoms with Gasteiger partial charge in [0.1, 0.15) is 12.1 Å². The van der Waals surface area contributed by atoms with Gasteiger partial charge in [0.05, 0.1) is 51.7 Å². The molecule has 0 saturated carbocycles. The number of rotatable bonds is 7. The number of para-hydroxylation sites is 2. The molecule has 0 fully saturated rings. The molecule has 7 heteroatoms. The zero-order valence-corrected chi connectivity index (χ0v) is 24.0. The quantitative estimate of drug-likeness (QED) is 0.200. The largest absolute Gasteiger partial charge is 0.353 e. The fourth-order valence-electron chi connectivity index (χ4n) is 4.64. The van der Waals surface area contributed by atoms with Crippen LogP contribution in [0.4, 0.5) is 22.7 Å². The van der Waals surface area contributed by atoms with Crippen LogP contribution < -0.4 is 15.8 Å². The minimum atomic E-state index is -1.85. The van der Waals surface area contributed by atoms with E-state index in [9.17, 15) is 10.5 Å². The van der Waals surface area contributed by atoms with Crippen molar-refractivity contribution in [1.82, 2.24) is 0 Å². The van der Waals surface area contributed by atoms with E-state index in [-0.39, 0.29) is 0 Å². The number of nitrogens with one attached hydrogen (secondary N) is 2. The predicted octanol–water partition coefficient (Wildman–Crippen LogP) is 8.92. The van der Waals surface area contributed by atoms with Crippen molar-refractivity contribution < 1.29 is 0 Å². The van der Waals surface area contributed by atoms with Gasteiger partial charge in [-0.1, -0.05) is 62.1 Å². The van der Waals surface area contributed by atoms with Crippen LogP contribution in [0.5, 0.6) is 0 Å². The Morgan fingerprint density at radius 2 is 1.03 bits per heavy atom. The minimum absolute atomic E-state index is 0.621. The number of benzene rings is 3. The van der Waals surface area contributed by atoms with Gasteiger partial charge >= 0.3 is 0 Å². The van der Waals surface area contributed by atoms with Crippen molar-refractivity contribution in [3.05, 3.63) is 101 Å². The molecule has 0 aliphatic carbocycles. The van der Waals surface area contributed by atoms with Gasteiger partial charge in [-0.3, -0.25) is 0 Å². The van der Waals surface area contributed by atoms with Gasteiger partial charge in [-0.05, 0) is 63.5 Å². The average Bonchev–Trinajstić information content (AvgIpc) is 3.58. The normalized spacial score (nSPS) is 11.0. The lowest BCUT2D eigenvalue weighted by Crippen LogP contribution is -2.40. The highest BCUT2D eigenvalue weighted by atomic mass is 32.1. The minimum Gasteiger partial charge on any atom is -0.353 e. The molecule has 0 aliphatic rings. The topological polar surface area (TPSA) is 71.6 Å². The molecule has 3 aromatic carbocycles. The Morgan fingerprint density at radius 1 is 0.579 bits per heavy atom. The van der Waals surface area contributed by atoms with Gasteiger partial charge in [-0.25, -0.2) is 0 Å². The number of hydrogen-bond acceptors (Lipinski definition) is 6. The van der Waals surface area contributed by atoms with Crippen LogP contribution in [0, 0.1) is 22.7 Å². The highest BCUT2D eigenvalue weighted by Gasteiger charge is 2.28. The summed E-state index contributed by atoms with van der Waals surface area (Å²) in [5, 5.41) is 31.8. The molecule has 0 bridgehead atoms. The number of anilines is 4. The number of nitriles is 2.